The summed E-state index contributed by atoms with van der Waals surface area (Å²) in [5, 5.41) is 8.76. The van der Waals surface area contributed by atoms with Gasteiger partial charge in [0.25, 0.3) is 0 Å². The first-order valence-electron chi connectivity index (χ1n) is 5.08. The number of ether oxygens (including phenoxy) is 1. The monoisotopic (exact) mass is 208 g/mol. The standard InChI is InChI=1S/C12H16O3/c1-3-15-11-6-4-10(5-7-11)8-9(2)12(13)14/h4-7,9H,3,8H2,1-2H3,(H,13,14)/t9-/m1/s1. The summed E-state index contributed by atoms with van der Waals surface area (Å²) < 4.78 is 5.30. The highest BCUT2D eigenvalue weighted by Crippen LogP contribution is 2.15. The first-order chi connectivity index (χ1) is 7.13. The highest BCUT2D eigenvalue weighted by Gasteiger charge is 2.11. The first kappa shape index (κ1) is 11.6. The lowest BCUT2D eigenvalue weighted by Gasteiger charge is -2.07. The zero-order valence-electron chi connectivity index (χ0n) is 9.06. The molecule has 0 saturated heterocycles. The van der Waals surface area contributed by atoms with E-state index in [0.717, 1.165) is 11.3 Å². The van der Waals surface area contributed by atoms with Crippen molar-refractivity contribution in [3.05, 3.63) is 29.8 Å². The van der Waals surface area contributed by atoms with Crippen molar-refractivity contribution in [3.8, 4) is 5.75 Å². The van der Waals surface area contributed by atoms with Crippen molar-refractivity contribution in [3.63, 3.8) is 0 Å². The minimum atomic E-state index is -0.760. The molecule has 1 atom stereocenters. The predicted octanol–water partition coefficient (Wildman–Crippen LogP) is 2.35. The Balaban J connectivity index is 2.60. The number of benzene rings is 1. The van der Waals surface area contributed by atoms with Crippen LogP contribution < -0.4 is 4.74 Å². The lowest BCUT2D eigenvalue weighted by Crippen LogP contribution is -2.12. The van der Waals surface area contributed by atoms with E-state index in [1.54, 1.807) is 6.92 Å². The summed E-state index contributed by atoms with van der Waals surface area (Å²) in [4.78, 5) is 10.6. The predicted molar refractivity (Wildman–Crippen MR) is 58.1 cm³/mol. The van der Waals surface area contributed by atoms with Gasteiger partial charge in [-0.05, 0) is 31.0 Å². The van der Waals surface area contributed by atoms with E-state index in [2.05, 4.69) is 0 Å². The van der Waals surface area contributed by atoms with E-state index >= 15 is 0 Å². The molecule has 0 saturated carbocycles. The third kappa shape index (κ3) is 3.62. The van der Waals surface area contributed by atoms with Gasteiger partial charge in [0.15, 0.2) is 0 Å². The summed E-state index contributed by atoms with van der Waals surface area (Å²) in [6.07, 6.45) is 0.557. The average molecular weight is 208 g/mol. The van der Waals surface area contributed by atoms with Gasteiger partial charge < -0.3 is 9.84 Å². The van der Waals surface area contributed by atoms with Crippen LogP contribution in [0.5, 0.6) is 5.75 Å². The maximum absolute atomic E-state index is 10.6. The van der Waals surface area contributed by atoms with Crippen molar-refractivity contribution in [2.75, 3.05) is 6.61 Å². The number of hydrogen-bond donors (Lipinski definition) is 1. The van der Waals surface area contributed by atoms with E-state index in [1.807, 2.05) is 31.2 Å². The Labute approximate surface area is 89.7 Å². The second-order valence-corrected chi connectivity index (χ2v) is 3.52. The van der Waals surface area contributed by atoms with Crippen molar-refractivity contribution in [2.24, 2.45) is 5.92 Å². The molecule has 0 unspecified atom stereocenters. The summed E-state index contributed by atoms with van der Waals surface area (Å²) in [6, 6.07) is 7.55. The summed E-state index contributed by atoms with van der Waals surface area (Å²) >= 11 is 0. The molecule has 0 aliphatic rings. The van der Waals surface area contributed by atoms with Gasteiger partial charge in [-0.15, -0.1) is 0 Å². The van der Waals surface area contributed by atoms with E-state index in [9.17, 15) is 4.79 Å². The Bertz CT molecular complexity index is 316. The Morgan fingerprint density at radius 3 is 2.47 bits per heavy atom. The molecule has 82 valence electrons. The lowest BCUT2D eigenvalue weighted by molar-refractivity contribution is -0.141. The maximum Gasteiger partial charge on any atom is 0.306 e. The second kappa shape index (κ2) is 5.39. The molecule has 0 aliphatic heterocycles. The topological polar surface area (TPSA) is 46.5 Å². The number of carboxylic acid groups (broad SMARTS) is 1. The van der Waals surface area contributed by atoms with Crippen LogP contribution in [0.25, 0.3) is 0 Å². The van der Waals surface area contributed by atoms with Gasteiger partial charge in [0.2, 0.25) is 0 Å². The van der Waals surface area contributed by atoms with Crippen LogP contribution >= 0.6 is 0 Å². The van der Waals surface area contributed by atoms with Crippen LogP contribution in [0.3, 0.4) is 0 Å². The molecule has 0 bridgehead atoms. The van der Waals surface area contributed by atoms with Crippen molar-refractivity contribution >= 4 is 5.97 Å². The number of aliphatic carboxylic acids is 1. The van der Waals surface area contributed by atoms with E-state index in [4.69, 9.17) is 9.84 Å². The Morgan fingerprint density at radius 2 is 2.00 bits per heavy atom. The lowest BCUT2D eigenvalue weighted by atomic mass is 10.0. The number of carbonyl (C=O) groups is 1. The van der Waals surface area contributed by atoms with Crippen LogP contribution in [0.2, 0.25) is 0 Å². The summed E-state index contributed by atoms with van der Waals surface area (Å²) in [6.45, 7) is 4.28. The smallest absolute Gasteiger partial charge is 0.306 e. The van der Waals surface area contributed by atoms with Crippen LogP contribution in [0, 0.1) is 5.92 Å². The van der Waals surface area contributed by atoms with E-state index < -0.39 is 5.97 Å². The molecule has 0 amide bonds. The largest absolute Gasteiger partial charge is 0.494 e. The molecule has 1 rings (SSSR count). The van der Waals surface area contributed by atoms with E-state index in [-0.39, 0.29) is 5.92 Å². The van der Waals surface area contributed by atoms with Crippen LogP contribution in [0.15, 0.2) is 24.3 Å². The number of hydrogen-bond acceptors (Lipinski definition) is 2. The van der Waals surface area contributed by atoms with Crippen LogP contribution in [0.4, 0.5) is 0 Å². The minimum absolute atomic E-state index is 0.344. The molecule has 1 N–H and O–H groups in total. The third-order valence-corrected chi connectivity index (χ3v) is 2.20. The molecule has 0 radical (unpaired) electrons. The fourth-order valence-corrected chi connectivity index (χ4v) is 1.33. The highest BCUT2D eigenvalue weighted by atomic mass is 16.5. The second-order valence-electron chi connectivity index (χ2n) is 3.52. The van der Waals surface area contributed by atoms with Gasteiger partial charge in [-0.2, -0.15) is 0 Å². The summed E-state index contributed by atoms with van der Waals surface area (Å²) in [7, 11) is 0. The molecule has 0 fully saturated rings. The molecule has 0 spiro atoms. The van der Waals surface area contributed by atoms with Crippen molar-refractivity contribution in [2.45, 2.75) is 20.3 Å². The normalized spacial score (nSPS) is 12.1. The molecule has 3 heteroatoms. The van der Waals surface area contributed by atoms with Crippen LogP contribution in [0.1, 0.15) is 19.4 Å². The van der Waals surface area contributed by atoms with Crippen LogP contribution in [-0.2, 0) is 11.2 Å². The Morgan fingerprint density at radius 1 is 1.40 bits per heavy atom. The van der Waals surface area contributed by atoms with E-state index in [0.29, 0.717) is 13.0 Å². The Hall–Kier alpha value is -1.51. The van der Waals surface area contributed by atoms with Gasteiger partial charge >= 0.3 is 5.97 Å². The molecule has 3 nitrogen and oxygen atoms in total. The van der Waals surface area contributed by atoms with Gasteiger partial charge in [-0.3, -0.25) is 4.79 Å². The molecule has 0 aromatic heterocycles. The quantitative estimate of drug-likeness (QED) is 0.807. The maximum atomic E-state index is 10.6. The molecule has 0 aliphatic carbocycles. The summed E-state index contributed by atoms with van der Waals surface area (Å²) in [5.41, 5.74) is 1.02. The zero-order chi connectivity index (χ0) is 11.3. The molecule has 1 aromatic carbocycles. The van der Waals surface area contributed by atoms with Crippen molar-refractivity contribution in [1.82, 2.24) is 0 Å². The zero-order valence-corrected chi connectivity index (χ0v) is 9.06. The fourth-order valence-electron chi connectivity index (χ4n) is 1.33. The van der Waals surface area contributed by atoms with E-state index in [1.165, 1.54) is 0 Å². The molecule has 15 heavy (non-hydrogen) atoms. The van der Waals surface area contributed by atoms with Crippen molar-refractivity contribution < 1.29 is 14.6 Å². The van der Waals surface area contributed by atoms with Gasteiger partial charge in [-0.1, -0.05) is 19.1 Å². The molecular formula is C12H16O3. The summed E-state index contributed by atoms with van der Waals surface area (Å²) in [5.74, 6) is -0.281. The van der Waals surface area contributed by atoms with Crippen molar-refractivity contribution in [1.29, 1.82) is 0 Å². The van der Waals surface area contributed by atoms with Gasteiger partial charge in [0, 0.05) is 0 Å². The fraction of sp³-hybridized carbons (Fsp3) is 0.417. The average Bonchev–Trinajstić information content (AvgIpc) is 2.21. The number of carboxylic acids is 1. The molecular weight excluding hydrogens is 192 g/mol. The Kier molecular flexibility index (Phi) is 4.16. The first-order valence-corrected chi connectivity index (χ1v) is 5.08. The molecule has 0 heterocycles. The minimum Gasteiger partial charge on any atom is -0.494 e. The van der Waals surface area contributed by atoms with Gasteiger partial charge in [0.1, 0.15) is 5.75 Å². The number of rotatable bonds is 5. The van der Waals surface area contributed by atoms with Gasteiger partial charge in [-0.25, -0.2) is 0 Å². The van der Waals surface area contributed by atoms with Crippen LogP contribution in [-0.4, -0.2) is 17.7 Å². The highest BCUT2D eigenvalue weighted by molar-refractivity contribution is 5.69. The molecule has 1 aromatic rings. The third-order valence-electron chi connectivity index (χ3n) is 2.20. The SMILES string of the molecule is CCOc1ccc(C[C@@H](C)C(=O)O)cc1. The van der Waals surface area contributed by atoms with Gasteiger partial charge in [0.05, 0.1) is 12.5 Å².